The Morgan fingerprint density at radius 2 is 1.58 bits per heavy atom. The third-order valence-electron chi connectivity index (χ3n) is 2.60. The minimum Gasteiger partial charge on any atom is -0.506 e. The number of carboxylic acid groups (broad SMARTS) is 1. The van der Waals surface area contributed by atoms with E-state index in [0.29, 0.717) is 5.02 Å². The number of hydrogen-bond donors (Lipinski definition) is 2. The molecular weight excluding hydrogens is 264 g/mol. The Morgan fingerprint density at radius 1 is 1.00 bits per heavy atom. The second-order valence-electron chi connectivity index (χ2n) is 3.97. The van der Waals surface area contributed by atoms with E-state index in [0.717, 1.165) is 11.1 Å². The highest BCUT2D eigenvalue weighted by Gasteiger charge is 2.00. The number of aromatic carboxylic acids is 1. The second kappa shape index (κ2) is 5.59. The monoisotopic (exact) mass is 274 g/mol. The second-order valence-corrected chi connectivity index (χ2v) is 4.38. The molecule has 0 bridgehead atoms. The van der Waals surface area contributed by atoms with E-state index in [9.17, 15) is 9.90 Å². The maximum atomic E-state index is 10.7. The molecule has 0 aliphatic rings. The van der Waals surface area contributed by atoms with Crippen LogP contribution in [0.1, 0.15) is 21.5 Å². The van der Waals surface area contributed by atoms with Crippen LogP contribution in [0.3, 0.4) is 0 Å². The summed E-state index contributed by atoms with van der Waals surface area (Å²) in [5.41, 5.74) is 1.99. The van der Waals surface area contributed by atoms with Gasteiger partial charge in [0.05, 0.1) is 10.6 Å². The summed E-state index contributed by atoms with van der Waals surface area (Å²) < 4.78 is 0. The van der Waals surface area contributed by atoms with Gasteiger partial charge in [-0.1, -0.05) is 42.0 Å². The standard InChI is InChI=1S/C15H11ClO3/c16-13-9-11(5-8-14(13)17)2-1-10-3-6-12(7-4-10)15(18)19/h1-9,17H,(H,18,19). The topological polar surface area (TPSA) is 57.5 Å². The van der Waals surface area contributed by atoms with E-state index < -0.39 is 5.97 Å². The molecule has 0 unspecified atom stereocenters. The molecule has 0 fully saturated rings. The molecule has 0 atom stereocenters. The zero-order valence-electron chi connectivity index (χ0n) is 9.88. The van der Waals surface area contributed by atoms with Gasteiger partial charge in [-0.2, -0.15) is 0 Å². The third kappa shape index (κ3) is 3.36. The van der Waals surface area contributed by atoms with Gasteiger partial charge in [0.15, 0.2) is 0 Å². The van der Waals surface area contributed by atoms with Crippen LogP contribution in [0.25, 0.3) is 12.2 Å². The molecule has 0 aromatic heterocycles. The third-order valence-corrected chi connectivity index (χ3v) is 2.90. The molecule has 0 saturated carbocycles. The Labute approximate surface area is 115 Å². The minimum atomic E-state index is -0.944. The van der Waals surface area contributed by atoms with E-state index in [1.54, 1.807) is 36.4 Å². The molecule has 0 heterocycles. The molecule has 0 aliphatic carbocycles. The summed E-state index contributed by atoms with van der Waals surface area (Å²) in [6.45, 7) is 0. The number of phenols is 1. The molecule has 0 saturated heterocycles. The Morgan fingerprint density at radius 3 is 2.16 bits per heavy atom. The molecule has 0 aliphatic heterocycles. The molecule has 2 aromatic carbocycles. The lowest BCUT2D eigenvalue weighted by atomic mass is 10.1. The van der Waals surface area contributed by atoms with Crippen LogP contribution in [0.5, 0.6) is 5.75 Å². The zero-order chi connectivity index (χ0) is 13.8. The maximum absolute atomic E-state index is 10.7. The van der Waals surface area contributed by atoms with Gasteiger partial charge in [-0.3, -0.25) is 0 Å². The first-order valence-corrected chi connectivity index (χ1v) is 5.94. The van der Waals surface area contributed by atoms with Gasteiger partial charge in [0.2, 0.25) is 0 Å². The van der Waals surface area contributed by atoms with Crippen LogP contribution in [0.2, 0.25) is 5.02 Å². The summed E-state index contributed by atoms with van der Waals surface area (Å²) in [5.74, 6) is -0.898. The van der Waals surface area contributed by atoms with Crippen LogP contribution < -0.4 is 0 Å². The van der Waals surface area contributed by atoms with Gasteiger partial charge in [-0.05, 0) is 35.4 Å². The molecule has 3 nitrogen and oxygen atoms in total. The highest BCUT2D eigenvalue weighted by Crippen LogP contribution is 2.24. The van der Waals surface area contributed by atoms with Gasteiger partial charge in [0.25, 0.3) is 0 Å². The summed E-state index contributed by atoms with van der Waals surface area (Å²) in [4.78, 5) is 10.7. The van der Waals surface area contributed by atoms with Gasteiger partial charge in [0, 0.05) is 0 Å². The van der Waals surface area contributed by atoms with Gasteiger partial charge >= 0.3 is 5.97 Å². The first-order valence-electron chi connectivity index (χ1n) is 5.56. The normalized spacial score (nSPS) is 10.8. The van der Waals surface area contributed by atoms with E-state index in [-0.39, 0.29) is 11.3 Å². The predicted octanol–water partition coefficient (Wildman–Crippen LogP) is 3.91. The Bertz CT molecular complexity index is 630. The van der Waals surface area contributed by atoms with Crippen molar-refractivity contribution in [2.24, 2.45) is 0 Å². The number of halogens is 1. The molecular formula is C15H11ClO3. The molecule has 0 spiro atoms. The fourth-order valence-corrected chi connectivity index (χ4v) is 1.75. The minimum absolute atomic E-state index is 0.0460. The van der Waals surface area contributed by atoms with Crippen LogP contribution in [0, 0.1) is 0 Å². The Kier molecular flexibility index (Phi) is 3.88. The van der Waals surface area contributed by atoms with Crippen molar-refractivity contribution in [2.45, 2.75) is 0 Å². The summed E-state index contributed by atoms with van der Waals surface area (Å²) in [6, 6.07) is 11.5. The van der Waals surface area contributed by atoms with E-state index in [1.807, 2.05) is 12.2 Å². The summed E-state index contributed by atoms with van der Waals surface area (Å²) in [7, 11) is 0. The van der Waals surface area contributed by atoms with E-state index >= 15 is 0 Å². The maximum Gasteiger partial charge on any atom is 0.335 e. The zero-order valence-corrected chi connectivity index (χ0v) is 10.6. The van der Waals surface area contributed by atoms with Crippen LogP contribution >= 0.6 is 11.6 Å². The number of carboxylic acids is 1. The lowest BCUT2D eigenvalue weighted by molar-refractivity contribution is 0.0697. The van der Waals surface area contributed by atoms with Crippen LogP contribution in [-0.2, 0) is 0 Å². The van der Waals surface area contributed by atoms with Crippen molar-refractivity contribution in [1.29, 1.82) is 0 Å². The van der Waals surface area contributed by atoms with Crippen molar-refractivity contribution in [1.82, 2.24) is 0 Å². The number of carbonyl (C=O) groups is 1. The van der Waals surface area contributed by atoms with Crippen molar-refractivity contribution >= 4 is 29.7 Å². The lowest BCUT2D eigenvalue weighted by Gasteiger charge is -1.99. The average molecular weight is 275 g/mol. The molecule has 0 radical (unpaired) electrons. The fraction of sp³-hybridized carbons (Fsp3) is 0. The van der Waals surface area contributed by atoms with Crippen molar-refractivity contribution < 1.29 is 15.0 Å². The average Bonchev–Trinajstić information content (AvgIpc) is 2.40. The summed E-state index contributed by atoms with van der Waals surface area (Å²) in [6.07, 6.45) is 3.68. The lowest BCUT2D eigenvalue weighted by Crippen LogP contribution is -1.94. The highest BCUT2D eigenvalue weighted by atomic mass is 35.5. The van der Waals surface area contributed by atoms with Crippen molar-refractivity contribution in [3.63, 3.8) is 0 Å². The Balaban J connectivity index is 2.17. The van der Waals surface area contributed by atoms with Crippen molar-refractivity contribution in [3.8, 4) is 5.75 Å². The smallest absolute Gasteiger partial charge is 0.335 e. The molecule has 96 valence electrons. The predicted molar refractivity (Wildman–Crippen MR) is 75.4 cm³/mol. The van der Waals surface area contributed by atoms with Gasteiger partial charge in [-0.15, -0.1) is 0 Å². The largest absolute Gasteiger partial charge is 0.506 e. The molecule has 2 rings (SSSR count). The van der Waals surface area contributed by atoms with E-state index in [2.05, 4.69) is 0 Å². The summed E-state index contributed by atoms with van der Waals surface area (Å²) >= 11 is 5.80. The first kappa shape index (κ1) is 13.2. The quantitative estimate of drug-likeness (QED) is 0.834. The number of hydrogen-bond acceptors (Lipinski definition) is 2. The van der Waals surface area contributed by atoms with Crippen molar-refractivity contribution in [2.75, 3.05) is 0 Å². The molecule has 0 amide bonds. The fourth-order valence-electron chi connectivity index (χ4n) is 1.56. The molecule has 19 heavy (non-hydrogen) atoms. The number of benzene rings is 2. The van der Waals surface area contributed by atoms with E-state index in [1.165, 1.54) is 6.07 Å². The van der Waals surface area contributed by atoms with Gasteiger partial charge in [-0.25, -0.2) is 4.79 Å². The SMILES string of the molecule is O=C(O)c1ccc(C=Cc2ccc(O)c(Cl)c2)cc1. The molecule has 2 N–H and O–H groups in total. The van der Waals surface area contributed by atoms with E-state index in [4.69, 9.17) is 16.7 Å². The summed E-state index contributed by atoms with van der Waals surface area (Å²) in [5, 5.41) is 18.4. The number of phenolic OH excluding ortho intramolecular Hbond substituents is 1. The van der Waals surface area contributed by atoms with Gasteiger partial charge < -0.3 is 10.2 Å². The highest BCUT2D eigenvalue weighted by molar-refractivity contribution is 6.32. The number of rotatable bonds is 3. The van der Waals surface area contributed by atoms with Crippen molar-refractivity contribution in [3.05, 3.63) is 64.2 Å². The molecule has 2 aromatic rings. The Hall–Kier alpha value is -2.26. The van der Waals surface area contributed by atoms with Gasteiger partial charge in [0.1, 0.15) is 5.75 Å². The van der Waals surface area contributed by atoms with Crippen LogP contribution in [0.15, 0.2) is 42.5 Å². The molecule has 4 heteroatoms. The number of aromatic hydroxyl groups is 1. The van der Waals surface area contributed by atoms with Crippen LogP contribution in [-0.4, -0.2) is 16.2 Å². The first-order chi connectivity index (χ1) is 9.06. The van der Waals surface area contributed by atoms with Crippen LogP contribution in [0.4, 0.5) is 0 Å².